The molecule has 1 aromatic carbocycles. The number of carbonyl (C=O) groups is 2. The lowest BCUT2D eigenvalue weighted by atomic mass is 9.79. The average Bonchev–Trinajstić information content (AvgIpc) is 2.51. The molecule has 150 valence electrons. The maximum absolute atomic E-state index is 13.7. The van der Waals surface area contributed by atoms with Crippen molar-refractivity contribution < 1.29 is 45.6 Å². The summed E-state index contributed by atoms with van der Waals surface area (Å²) in [7, 11) is 0.501. The Hall–Kier alpha value is -2.86. The van der Waals surface area contributed by atoms with Gasteiger partial charge in [0.05, 0.1) is 12.0 Å². The molecule has 13 heteroatoms. The number of ether oxygens (including phenoxy) is 1. The Morgan fingerprint density at radius 1 is 1.11 bits per heavy atom. The summed E-state index contributed by atoms with van der Waals surface area (Å²) in [5.41, 5.74) is -7.47. The Kier molecular flexibility index (Phi) is 6.08. The zero-order valence-electron chi connectivity index (χ0n) is 13.6. The van der Waals surface area contributed by atoms with Crippen molar-refractivity contribution in [1.29, 1.82) is 0 Å². The van der Waals surface area contributed by atoms with E-state index in [0.29, 0.717) is 26.2 Å². The van der Waals surface area contributed by atoms with Crippen molar-refractivity contribution >= 4 is 23.1 Å². The van der Waals surface area contributed by atoms with E-state index in [2.05, 4.69) is 4.74 Å². The van der Waals surface area contributed by atoms with Gasteiger partial charge in [-0.05, 0) is 13.0 Å². The van der Waals surface area contributed by atoms with Crippen molar-refractivity contribution in [2.75, 3.05) is 12.4 Å². The van der Waals surface area contributed by atoms with E-state index < -0.39 is 51.9 Å². The minimum Gasteiger partial charge on any atom is -0.468 e. The van der Waals surface area contributed by atoms with Crippen molar-refractivity contribution in [1.82, 2.24) is 0 Å². The average molecular weight is 402 g/mol. The maximum atomic E-state index is 13.7. The molecule has 1 N–H and O–H groups in total. The van der Waals surface area contributed by atoms with Gasteiger partial charge in [0.1, 0.15) is 11.5 Å². The van der Waals surface area contributed by atoms with Gasteiger partial charge in [-0.15, -0.1) is 0 Å². The molecule has 0 heterocycles. The Balaban J connectivity index is 3.87. The third kappa shape index (κ3) is 3.95. The number of esters is 1. The molecule has 0 saturated carbocycles. The van der Waals surface area contributed by atoms with Crippen molar-refractivity contribution in [2.45, 2.75) is 24.8 Å². The second-order valence-corrected chi connectivity index (χ2v) is 5.27. The fourth-order valence-corrected chi connectivity index (χ4v) is 2.42. The van der Waals surface area contributed by atoms with Crippen LogP contribution in [0.25, 0.3) is 0 Å². The second-order valence-electron chi connectivity index (χ2n) is 5.27. The number of anilines is 1. The van der Waals surface area contributed by atoms with E-state index in [4.69, 9.17) is 0 Å². The predicted molar refractivity (Wildman–Crippen MR) is 77.7 cm³/mol. The third-order valence-corrected chi connectivity index (χ3v) is 3.60. The van der Waals surface area contributed by atoms with Gasteiger partial charge >= 0.3 is 18.3 Å². The fraction of sp³-hybridized carbons (Fsp3) is 0.429. The first-order valence-electron chi connectivity index (χ1n) is 6.94. The van der Waals surface area contributed by atoms with Crippen LogP contribution in [0.5, 0.6) is 0 Å². The molecule has 1 aromatic rings. The number of alkyl halides is 6. The number of methoxy groups -OCH3 is 1. The first-order chi connectivity index (χ1) is 12.2. The van der Waals surface area contributed by atoms with Crippen LogP contribution >= 0.6 is 0 Å². The molecular weight excluding hydrogens is 390 g/mol. The van der Waals surface area contributed by atoms with Crippen molar-refractivity contribution in [2.24, 2.45) is 5.92 Å². The molecule has 0 fully saturated rings. The van der Waals surface area contributed by atoms with Crippen LogP contribution in [0, 0.1) is 16.0 Å². The van der Waals surface area contributed by atoms with E-state index in [1.54, 1.807) is 0 Å². The maximum Gasteiger partial charge on any atom is 0.421 e. The van der Waals surface area contributed by atoms with Crippen molar-refractivity contribution in [3.63, 3.8) is 0 Å². The topological polar surface area (TPSA) is 98.5 Å². The molecule has 0 aliphatic rings. The third-order valence-electron chi connectivity index (χ3n) is 3.60. The number of para-hydroxylation sites is 2. The summed E-state index contributed by atoms with van der Waals surface area (Å²) in [6, 6.07) is 3.18. The first-order valence-corrected chi connectivity index (χ1v) is 6.94. The van der Waals surface area contributed by atoms with Gasteiger partial charge in [-0.25, -0.2) is 0 Å². The molecule has 27 heavy (non-hydrogen) atoms. The number of hydrogen-bond acceptors (Lipinski definition) is 6. The fourth-order valence-electron chi connectivity index (χ4n) is 2.42. The van der Waals surface area contributed by atoms with Crippen LogP contribution in [0.15, 0.2) is 24.3 Å². The number of nitro groups is 1. The van der Waals surface area contributed by atoms with Crippen LogP contribution < -0.4 is 5.32 Å². The number of ketones is 1. The van der Waals surface area contributed by atoms with Gasteiger partial charge in [0.2, 0.25) is 0 Å². The van der Waals surface area contributed by atoms with Gasteiger partial charge < -0.3 is 10.1 Å². The normalized spacial score (nSPS) is 13.6. The number of rotatable bonds is 6. The van der Waals surface area contributed by atoms with Gasteiger partial charge in [-0.2, -0.15) is 26.3 Å². The molecule has 7 nitrogen and oxygen atoms in total. The number of carbonyl (C=O) groups excluding carboxylic acids is 2. The van der Waals surface area contributed by atoms with E-state index in [1.807, 2.05) is 0 Å². The van der Waals surface area contributed by atoms with E-state index in [-0.39, 0.29) is 0 Å². The van der Waals surface area contributed by atoms with Gasteiger partial charge in [0.15, 0.2) is 5.92 Å². The summed E-state index contributed by atoms with van der Waals surface area (Å²) in [4.78, 5) is 33.0. The standard InChI is InChI=1S/C14H12F6N2O5/c1-7(23)10(11(24)27-2)12(13(15,16)17,14(18,19)20)21-8-5-3-4-6-9(8)22(25)26/h3-6,10,21H,1-2H3. The quantitative estimate of drug-likeness (QED) is 0.258. The Bertz CT molecular complexity index is 732. The Labute approximate surface area is 147 Å². The summed E-state index contributed by atoms with van der Waals surface area (Å²) in [6.07, 6.45) is -12.5. The van der Waals surface area contributed by atoms with E-state index in [9.17, 15) is 46.0 Å². The van der Waals surface area contributed by atoms with Crippen LogP contribution in [-0.2, 0) is 14.3 Å². The summed E-state index contributed by atoms with van der Waals surface area (Å²) >= 11 is 0. The number of benzene rings is 1. The largest absolute Gasteiger partial charge is 0.468 e. The molecular formula is C14H12F6N2O5. The van der Waals surface area contributed by atoms with Crippen LogP contribution in [0.1, 0.15) is 6.92 Å². The summed E-state index contributed by atoms with van der Waals surface area (Å²) in [5.74, 6) is -7.31. The number of nitro benzene ring substituents is 1. The highest BCUT2D eigenvalue weighted by molar-refractivity contribution is 6.00. The lowest BCUT2D eigenvalue weighted by Gasteiger charge is -2.41. The smallest absolute Gasteiger partial charge is 0.421 e. The molecule has 1 atom stereocenters. The highest BCUT2D eigenvalue weighted by Crippen LogP contribution is 2.51. The highest BCUT2D eigenvalue weighted by Gasteiger charge is 2.77. The van der Waals surface area contributed by atoms with Gasteiger partial charge in [-0.3, -0.25) is 19.7 Å². The molecule has 0 aromatic heterocycles. The van der Waals surface area contributed by atoms with Crippen LogP contribution in [0.2, 0.25) is 0 Å². The Morgan fingerprint density at radius 2 is 1.59 bits per heavy atom. The van der Waals surface area contributed by atoms with Gasteiger partial charge in [0, 0.05) is 6.07 Å². The SMILES string of the molecule is COC(=O)C(C(C)=O)C(Nc1ccccc1[N+](=O)[O-])(C(F)(F)F)C(F)(F)F. The molecule has 0 amide bonds. The predicted octanol–water partition coefficient (Wildman–Crippen LogP) is 3.25. The molecule has 0 spiro atoms. The minimum atomic E-state index is -6.26. The van der Waals surface area contributed by atoms with E-state index in [1.165, 1.54) is 0 Å². The van der Waals surface area contributed by atoms with E-state index >= 15 is 0 Å². The van der Waals surface area contributed by atoms with Crippen LogP contribution in [-0.4, -0.2) is 41.7 Å². The number of nitrogens with zero attached hydrogens (tertiary/aromatic N) is 1. The monoisotopic (exact) mass is 402 g/mol. The van der Waals surface area contributed by atoms with Gasteiger partial charge in [0.25, 0.3) is 11.2 Å². The molecule has 0 aliphatic carbocycles. The van der Waals surface area contributed by atoms with Crippen LogP contribution in [0.4, 0.5) is 37.7 Å². The number of nitrogens with one attached hydrogen (secondary N) is 1. The molecule has 0 radical (unpaired) electrons. The van der Waals surface area contributed by atoms with Crippen molar-refractivity contribution in [3.05, 3.63) is 34.4 Å². The summed E-state index contributed by atoms with van der Waals surface area (Å²) in [5, 5.41) is 12.0. The highest BCUT2D eigenvalue weighted by atomic mass is 19.4. The number of halogens is 6. The zero-order valence-corrected chi connectivity index (χ0v) is 13.6. The molecule has 0 bridgehead atoms. The van der Waals surface area contributed by atoms with Crippen molar-refractivity contribution in [3.8, 4) is 0 Å². The molecule has 1 rings (SSSR count). The molecule has 1 unspecified atom stereocenters. The summed E-state index contributed by atoms with van der Waals surface area (Å²) < 4.78 is 86.1. The molecule has 0 saturated heterocycles. The number of hydrogen-bond donors (Lipinski definition) is 1. The van der Waals surface area contributed by atoms with E-state index in [0.717, 1.165) is 17.4 Å². The zero-order chi connectivity index (χ0) is 21.2. The first kappa shape index (κ1) is 22.2. The lowest BCUT2D eigenvalue weighted by molar-refractivity contribution is -0.384. The Morgan fingerprint density at radius 3 is 1.96 bits per heavy atom. The second kappa shape index (κ2) is 7.40. The summed E-state index contributed by atoms with van der Waals surface area (Å²) in [6.45, 7) is 0.342. The number of Topliss-reactive ketones (excluding diaryl/α,β-unsaturated/α-hetero) is 1. The van der Waals surface area contributed by atoms with Gasteiger partial charge in [-0.1, -0.05) is 12.1 Å². The molecule has 0 aliphatic heterocycles. The van der Waals surface area contributed by atoms with Crippen LogP contribution in [0.3, 0.4) is 0 Å². The minimum absolute atomic E-state index is 0.342. The lowest BCUT2D eigenvalue weighted by Crippen LogP contribution is -2.69.